The highest BCUT2D eigenvalue weighted by atomic mass is 79.9. The summed E-state index contributed by atoms with van der Waals surface area (Å²) in [6, 6.07) is 5.81. The molecule has 0 aliphatic heterocycles. The summed E-state index contributed by atoms with van der Waals surface area (Å²) in [7, 11) is 5.37. The second-order valence-electron chi connectivity index (χ2n) is 3.51. The van der Waals surface area contributed by atoms with Gasteiger partial charge in [0.2, 0.25) is 5.95 Å². The second-order valence-corrected chi connectivity index (χ2v) is 4.36. The Hall–Kier alpha value is -1.56. The largest absolute Gasteiger partial charge is 0.496 e. The van der Waals surface area contributed by atoms with Crippen molar-refractivity contribution >= 4 is 21.9 Å². The number of benzene rings is 1. The van der Waals surface area contributed by atoms with E-state index >= 15 is 0 Å². The Morgan fingerprint density at radius 2 is 2.12 bits per heavy atom. The van der Waals surface area contributed by atoms with Gasteiger partial charge >= 0.3 is 0 Å². The van der Waals surface area contributed by atoms with Gasteiger partial charge in [0.05, 0.1) is 11.6 Å². The Morgan fingerprint density at radius 3 is 2.65 bits per heavy atom. The van der Waals surface area contributed by atoms with Gasteiger partial charge in [0.25, 0.3) is 0 Å². The molecule has 6 heteroatoms. The fourth-order valence-corrected chi connectivity index (χ4v) is 2.14. The average molecular weight is 297 g/mol. The van der Waals surface area contributed by atoms with Crippen LogP contribution in [0, 0.1) is 0 Å². The molecule has 0 unspecified atom stereocenters. The summed E-state index contributed by atoms with van der Waals surface area (Å²) < 4.78 is 7.98. The predicted octanol–water partition coefficient (Wildman–Crippen LogP) is 2.29. The van der Waals surface area contributed by atoms with Crippen LogP contribution in [0.2, 0.25) is 0 Å². The van der Waals surface area contributed by atoms with Crippen LogP contribution >= 0.6 is 15.9 Å². The van der Waals surface area contributed by atoms with Gasteiger partial charge in [-0.15, -0.1) is 10.2 Å². The molecule has 5 nitrogen and oxygen atoms in total. The van der Waals surface area contributed by atoms with E-state index in [2.05, 4.69) is 31.4 Å². The van der Waals surface area contributed by atoms with Crippen molar-refractivity contribution in [2.75, 3.05) is 19.5 Å². The summed E-state index contributed by atoms with van der Waals surface area (Å²) in [6.07, 6.45) is 0. The lowest BCUT2D eigenvalue weighted by atomic mass is 10.2. The number of anilines is 1. The number of halogens is 1. The maximum Gasteiger partial charge on any atom is 0.224 e. The summed E-state index contributed by atoms with van der Waals surface area (Å²) >= 11 is 3.45. The topological polar surface area (TPSA) is 52.0 Å². The lowest BCUT2D eigenvalue weighted by Crippen LogP contribution is -1.99. The predicted molar refractivity (Wildman–Crippen MR) is 70.2 cm³/mol. The van der Waals surface area contributed by atoms with E-state index in [1.807, 2.05) is 36.9 Å². The van der Waals surface area contributed by atoms with Crippen LogP contribution in [-0.2, 0) is 7.05 Å². The SMILES string of the molecule is CNc1nnc(-c2ccc(OC)c(Br)c2)n1C. The van der Waals surface area contributed by atoms with Crippen molar-refractivity contribution in [1.82, 2.24) is 14.8 Å². The molecule has 90 valence electrons. The fraction of sp³-hybridized carbons (Fsp3) is 0.273. The van der Waals surface area contributed by atoms with Crippen molar-refractivity contribution in [2.24, 2.45) is 7.05 Å². The van der Waals surface area contributed by atoms with E-state index in [0.29, 0.717) is 0 Å². The first-order valence-corrected chi connectivity index (χ1v) is 5.87. The van der Waals surface area contributed by atoms with Crippen molar-refractivity contribution < 1.29 is 4.74 Å². The average Bonchev–Trinajstić information content (AvgIpc) is 2.70. The summed E-state index contributed by atoms with van der Waals surface area (Å²) in [5.41, 5.74) is 0.981. The third-order valence-corrected chi connectivity index (χ3v) is 3.13. The minimum atomic E-state index is 0.729. The molecular weight excluding hydrogens is 284 g/mol. The minimum absolute atomic E-state index is 0.729. The van der Waals surface area contributed by atoms with Gasteiger partial charge in [-0.1, -0.05) is 0 Å². The highest BCUT2D eigenvalue weighted by Crippen LogP contribution is 2.30. The maximum absolute atomic E-state index is 5.19. The lowest BCUT2D eigenvalue weighted by Gasteiger charge is -2.06. The molecule has 2 rings (SSSR count). The third kappa shape index (κ3) is 2.12. The molecule has 2 aromatic rings. The molecule has 17 heavy (non-hydrogen) atoms. The molecule has 1 N–H and O–H groups in total. The minimum Gasteiger partial charge on any atom is -0.496 e. The highest BCUT2D eigenvalue weighted by molar-refractivity contribution is 9.10. The summed E-state index contributed by atoms with van der Waals surface area (Å²) in [4.78, 5) is 0. The molecule has 0 radical (unpaired) electrons. The number of nitrogens with one attached hydrogen (secondary N) is 1. The number of ether oxygens (including phenoxy) is 1. The van der Waals surface area contributed by atoms with Gasteiger partial charge in [-0.3, -0.25) is 4.57 Å². The van der Waals surface area contributed by atoms with Crippen LogP contribution in [0.25, 0.3) is 11.4 Å². The summed E-state index contributed by atoms with van der Waals surface area (Å²) in [6.45, 7) is 0. The molecule has 1 heterocycles. The molecule has 1 aromatic heterocycles. The summed E-state index contributed by atoms with van der Waals surface area (Å²) in [5.74, 6) is 2.33. The third-order valence-electron chi connectivity index (χ3n) is 2.51. The number of aromatic nitrogens is 3. The van der Waals surface area contributed by atoms with Crippen LogP contribution in [0.4, 0.5) is 5.95 Å². The Balaban J connectivity index is 2.46. The Morgan fingerprint density at radius 1 is 1.35 bits per heavy atom. The molecular formula is C11H13BrN4O. The molecule has 0 amide bonds. The number of hydrogen-bond acceptors (Lipinski definition) is 4. The molecule has 0 aliphatic carbocycles. The number of rotatable bonds is 3. The van der Waals surface area contributed by atoms with Gasteiger partial charge in [0.15, 0.2) is 5.82 Å². The van der Waals surface area contributed by atoms with Crippen molar-refractivity contribution in [1.29, 1.82) is 0 Å². The maximum atomic E-state index is 5.19. The monoisotopic (exact) mass is 296 g/mol. The van der Waals surface area contributed by atoms with Crippen molar-refractivity contribution in [3.63, 3.8) is 0 Å². The first kappa shape index (κ1) is 11.9. The van der Waals surface area contributed by atoms with Gasteiger partial charge < -0.3 is 10.1 Å². The zero-order valence-corrected chi connectivity index (χ0v) is 11.4. The molecule has 0 aliphatic rings. The zero-order valence-electron chi connectivity index (χ0n) is 9.86. The van der Waals surface area contributed by atoms with Crippen LogP contribution in [0.15, 0.2) is 22.7 Å². The van der Waals surface area contributed by atoms with E-state index < -0.39 is 0 Å². The van der Waals surface area contributed by atoms with Gasteiger partial charge in [-0.2, -0.15) is 0 Å². The van der Waals surface area contributed by atoms with E-state index in [1.54, 1.807) is 7.11 Å². The normalized spacial score (nSPS) is 10.4. The van der Waals surface area contributed by atoms with Crippen molar-refractivity contribution in [3.8, 4) is 17.1 Å². The van der Waals surface area contributed by atoms with Crippen molar-refractivity contribution in [3.05, 3.63) is 22.7 Å². The standard InChI is InChI=1S/C11H13BrN4O/c1-13-11-15-14-10(16(11)2)7-4-5-9(17-3)8(12)6-7/h4-6H,1-3H3,(H,13,15). The van der Waals surface area contributed by atoms with E-state index in [9.17, 15) is 0 Å². The van der Waals surface area contributed by atoms with Gasteiger partial charge in [-0.05, 0) is 34.1 Å². The first-order chi connectivity index (χ1) is 8.17. The van der Waals surface area contributed by atoms with Gasteiger partial charge in [0.1, 0.15) is 5.75 Å². The number of methoxy groups -OCH3 is 1. The van der Waals surface area contributed by atoms with E-state index in [0.717, 1.165) is 27.6 Å². The number of nitrogens with zero attached hydrogens (tertiary/aromatic N) is 3. The van der Waals surface area contributed by atoms with Crippen LogP contribution in [0.1, 0.15) is 0 Å². The van der Waals surface area contributed by atoms with Gasteiger partial charge in [-0.25, -0.2) is 0 Å². The molecule has 0 saturated heterocycles. The fourth-order valence-electron chi connectivity index (χ4n) is 1.60. The molecule has 0 fully saturated rings. The van der Waals surface area contributed by atoms with Crippen LogP contribution in [-0.4, -0.2) is 28.9 Å². The lowest BCUT2D eigenvalue weighted by molar-refractivity contribution is 0.412. The summed E-state index contributed by atoms with van der Waals surface area (Å²) in [5, 5.41) is 11.2. The van der Waals surface area contributed by atoms with Gasteiger partial charge in [0, 0.05) is 19.7 Å². The smallest absolute Gasteiger partial charge is 0.224 e. The van der Waals surface area contributed by atoms with Crippen LogP contribution in [0.5, 0.6) is 5.75 Å². The first-order valence-electron chi connectivity index (χ1n) is 5.08. The highest BCUT2D eigenvalue weighted by Gasteiger charge is 2.11. The van der Waals surface area contributed by atoms with E-state index in [-0.39, 0.29) is 0 Å². The van der Waals surface area contributed by atoms with E-state index in [1.165, 1.54) is 0 Å². The van der Waals surface area contributed by atoms with Crippen LogP contribution in [0.3, 0.4) is 0 Å². The molecule has 0 atom stereocenters. The van der Waals surface area contributed by atoms with E-state index in [4.69, 9.17) is 4.74 Å². The molecule has 1 aromatic carbocycles. The molecule has 0 spiro atoms. The Kier molecular flexibility index (Phi) is 3.33. The zero-order chi connectivity index (χ0) is 12.4. The second kappa shape index (κ2) is 4.75. The van der Waals surface area contributed by atoms with Crippen molar-refractivity contribution in [2.45, 2.75) is 0 Å². The quantitative estimate of drug-likeness (QED) is 0.944. The number of hydrogen-bond donors (Lipinski definition) is 1. The molecule has 0 bridgehead atoms. The molecule has 0 saturated carbocycles. The Bertz CT molecular complexity index is 538. The Labute approximate surface area is 108 Å². The van der Waals surface area contributed by atoms with Crippen LogP contribution < -0.4 is 10.1 Å².